The highest BCUT2D eigenvalue weighted by Gasteiger charge is 2.36. The molecule has 3 N–H and O–H groups in total. The second kappa shape index (κ2) is 6.00. The second-order valence-electron chi connectivity index (χ2n) is 6.50. The normalized spacial score (nSPS) is 20.0. The molecule has 1 heterocycles. The van der Waals surface area contributed by atoms with Gasteiger partial charge in [-0.25, -0.2) is 0 Å². The topological polar surface area (TPSA) is 68.2 Å². The minimum atomic E-state index is -0.281. The van der Waals surface area contributed by atoms with Crippen LogP contribution in [0.1, 0.15) is 19.4 Å². The summed E-state index contributed by atoms with van der Waals surface area (Å²) < 4.78 is 0. The van der Waals surface area contributed by atoms with Gasteiger partial charge in [0.25, 0.3) is 0 Å². The third kappa shape index (κ3) is 3.11. The molecule has 0 radical (unpaired) electrons. The van der Waals surface area contributed by atoms with E-state index in [0.29, 0.717) is 5.96 Å². The van der Waals surface area contributed by atoms with E-state index in [4.69, 9.17) is 5.41 Å². The molecule has 1 amide bonds. The number of rotatable bonds is 3. The quantitative estimate of drug-likeness (QED) is 0.814. The zero-order chi connectivity index (χ0) is 17.3. The number of nitrogens with one attached hydrogen (secondary N) is 3. The van der Waals surface area contributed by atoms with Crippen molar-refractivity contribution >= 4 is 17.6 Å². The van der Waals surface area contributed by atoms with Gasteiger partial charge in [-0.1, -0.05) is 30.3 Å². The minimum absolute atomic E-state index is 0.0786. The molecule has 0 spiro atoms. The summed E-state index contributed by atoms with van der Waals surface area (Å²) in [7, 11) is 1.92. The van der Waals surface area contributed by atoms with Gasteiger partial charge in [-0.05, 0) is 41.8 Å². The maximum absolute atomic E-state index is 11.2. The number of nitrogens with zero attached hydrogens (tertiary/aromatic N) is 1. The molecule has 5 heteroatoms. The van der Waals surface area contributed by atoms with E-state index in [9.17, 15) is 4.79 Å². The van der Waals surface area contributed by atoms with Crippen LogP contribution in [-0.4, -0.2) is 30.4 Å². The van der Waals surface area contributed by atoms with E-state index in [0.717, 1.165) is 28.9 Å². The predicted octanol–water partition coefficient (Wildman–Crippen LogP) is 3.00. The van der Waals surface area contributed by atoms with Gasteiger partial charge in [0.05, 0.1) is 5.54 Å². The van der Waals surface area contributed by atoms with E-state index in [2.05, 4.69) is 35.8 Å². The first-order valence-corrected chi connectivity index (χ1v) is 7.94. The van der Waals surface area contributed by atoms with Crippen LogP contribution in [0, 0.1) is 5.41 Å². The number of amides is 1. The Bertz CT molecular complexity index is 801. The third-order valence-electron chi connectivity index (χ3n) is 4.35. The van der Waals surface area contributed by atoms with Crippen LogP contribution in [0.5, 0.6) is 0 Å². The molecule has 1 unspecified atom stereocenters. The molecular formula is C19H22N4O. The summed E-state index contributed by atoms with van der Waals surface area (Å²) in [5.41, 5.74) is 3.78. The molecule has 124 valence electrons. The zero-order valence-corrected chi connectivity index (χ0v) is 14.2. The maximum Gasteiger partial charge on any atom is 0.221 e. The highest BCUT2D eigenvalue weighted by molar-refractivity contribution is 5.89. The number of carbonyl (C=O) groups excluding carboxylic acids is 1. The van der Waals surface area contributed by atoms with Gasteiger partial charge in [-0.15, -0.1) is 0 Å². The van der Waals surface area contributed by atoms with Crippen molar-refractivity contribution in [2.24, 2.45) is 0 Å². The van der Waals surface area contributed by atoms with Crippen LogP contribution in [0.3, 0.4) is 0 Å². The van der Waals surface area contributed by atoms with Crippen molar-refractivity contribution in [3.05, 3.63) is 54.1 Å². The van der Waals surface area contributed by atoms with E-state index in [1.165, 1.54) is 6.92 Å². The molecule has 1 aliphatic heterocycles. The average molecular weight is 322 g/mol. The third-order valence-corrected chi connectivity index (χ3v) is 4.35. The van der Waals surface area contributed by atoms with Gasteiger partial charge < -0.3 is 15.5 Å². The van der Waals surface area contributed by atoms with Gasteiger partial charge in [0.2, 0.25) is 5.91 Å². The molecule has 1 atom stereocenters. The molecule has 5 nitrogen and oxygen atoms in total. The maximum atomic E-state index is 11.2. The summed E-state index contributed by atoms with van der Waals surface area (Å²) in [4.78, 5) is 13.2. The highest BCUT2D eigenvalue weighted by Crippen LogP contribution is 2.30. The SMILES string of the molecule is CC(=O)Nc1cccc(-c2cccc(C3(C)CN(C)C(=N)N3)c2)c1. The van der Waals surface area contributed by atoms with Gasteiger partial charge in [-0.3, -0.25) is 10.2 Å². The predicted molar refractivity (Wildman–Crippen MR) is 97.0 cm³/mol. The first kappa shape index (κ1) is 16.1. The summed E-state index contributed by atoms with van der Waals surface area (Å²) >= 11 is 0. The lowest BCUT2D eigenvalue weighted by molar-refractivity contribution is -0.114. The molecule has 2 aromatic rings. The number of guanidine groups is 1. The van der Waals surface area contributed by atoms with Crippen LogP contribution < -0.4 is 10.6 Å². The zero-order valence-electron chi connectivity index (χ0n) is 14.2. The lowest BCUT2D eigenvalue weighted by Gasteiger charge is -2.24. The van der Waals surface area contributed by atoms with Crippen molar-refractivity contribution in [3.63, 3.8) is 0 Å². The highest BCUT2D eigenvalue weighted by atomic mass is 16.1. The lowest BCUT2D eigenvalue weighted by atomic mass is 9.90. The van der Waals surface area contributed by atoms with E-state index in [-0.39, 0.29) is 11.4 Å². The van der Waals surface area contributed by atoms with E-state index < -0.39 is 0 Å². The van der Waals surface area contributed by atoms with Gasteiger partial charge in [-0.2, -0.15) is 0 Å². The molecular weight excluding hydrogens is 300 g/mol. The van der Waals surface area contributed by atoms with Gasteiger partial charge >= 0.3 is 0 Å². The second-order valence-corrected chi connectivity index (χ2v) is 6.50. The summed E-state index contributed by atoms with van der Waals surface area (Å²) in [5.74, 6) is 0.362. The molecule has 0 bridgehead atoms. The fourth-order valence-corrected chi connectivity index (χ4v) is 3.13. The fraction of sp³-hybridized carbons (Fsp3) is 0.263. The van der Waals surface area contributed by atoms with Crippen LogP contribution in [0.25, 0.3) is 11.1 Å². The number of benzene rings is 2. The van der Waals surface area contributed by atoms with Crippen molar-refractivity contribution < 1.29 is 4.79 Å². The van der Waals surface area contributed by atoms with Crippen molar-refractivity contribution in [2.45, 2.75) is 19.4 Å². The summed E-state index contributed by atoms with van der Waals surface area (Å²) in [6.07, 6.45) is 0. The number of hydrogen-bond donors (Lipinski definition) is 3. The van der Waals surface area contributed by atoms with Crippen LogP contribution in [0.15, 0.2) is 48.5 Å². The Labute approximate surface area is 142 Å². The average Bonchev–Trinajstić information content (AvgIpc) is 2.81. The van der Waals surface area contributed by atoms with Crippen molar-refractivity contribution in [1.82, 2.24) is 10.2 Å². The first-order valence-electron chi connectivity index (χ1n) is 7.94. The van der Waals surface area contributed by atoms with Crippen LogP contribution in [0.2, 0.25) is 0 Å². The number of likely N-dealkylation sites (N-methyl/N-ethyl adjacent to an activating group) is 1. The van der Waals surface area contributed by atoms with E-state index in [1.54, 1.807) is 0 Å². The molecule has 3 rings (SSSR count). The van der Waals surface area contributed by atoms with Crippen LogP contribution in [0.4, 0.5) is 5.69 Å². The monoisotopic (exact) mass is 322 g/mol. The Hall–Kier alpha value is -2.82. The van der Waals surface area contributed by atoms with Crippen molar-refractivity contribution in [3.8, 4) is 11.1 Å². The number of hydrogen-bond acceptors (Lipinski definition) is 2. The molecule has 1 aliphatic rings. The molecule has 0 aromatic heterocycles. The number of anilines is 1. The summed E-state index contributed by atoms with van der Waals surface area (Å²) in [6, 6.07) is 16.1. The molecule has 0 saturated carbocycles. The molecule has 1 fully saturated rings. The largest absolute Gasteiger partial charge is 0.345 e. The van der Waals surface area contributed by atoms with E-state index in [1.807, 2.05) is 42.3 Å². The molecule has 2 aromatic carbocycles. The van der Waals surface area contributed by atoms with Gasteiger partial charge in [0.1, 0.15) is 0 Å². The fourth-order valence-electron chi connectivity index (χ4n) is 3.13. The smallest absolute Gasteiger partial charge is 0.221 e. The van der Waals surface area contributed by atoms with Gasteiger partial charge in [0.15, 0.2) is 5.96 Å². The molecule has 1 saturated heterocycles. The Morgan fingerprint density at radius 1 is 1.21 bits per heavy atom. The minimum Gasteiger partial charge on any atom is -0.345 e. The van der Waals surface area contributed by atoms with Crippen LogP contribution in [-0.2, 0) is 10.3 Å². The molecule has 24 heavy (non-hydrogen) atoms. The van der Waals surface area contributed by atoms with Crippen molar-refractivity contribution in [1.29, 1.82) is 5.41 Å². The Morgan fingerprint density at radius 2 is 1.88 bits per heavy atom. The van der Waals surface area contributed by atoms with Crippen LogP contribution >= 0.6 is 0 Å². The Morgan fingerprint density at radius 3 is 2.50 bits per heavy atom. The number of carbonyl (C=O) groups is 1. The standard InChI is InChI=1S/C19H22N4O/c1-13(24)21-17-9-5-7-15(11-17)14-6-4-8-16(10-14)19(2)12-23(3)18(20)22-19/h4-11H,12H2,1-3H3,(H2,20,22)(H,21,24). The lowest BCUT2D eigenvalue weighted by Crippen LogP contribution is -2.37. The first-order chi connectivity index (χ1) is 11.4. The van der Waals surface area contributed by atoms with Gasteiger partial charge in [0, 0.05) is 26.2 Å². The Kier molecular flexibility index (Phi) is 4.01. The summed E-state index contributed by atoms with van der Waals surface area (Å²) in [5, 5.41) is 14.0. The summed E-state index contributed by atoms with van der Waals surface area (Å²) in [6.45, 7) is 4.37. The van der Waals surface area contributed by atoms with Crippen molar-refractivity contribution in [2.75, 3.05) is 18.9 Å². The molecule has 0 aliphatic carbocycles. The van der Waals surface area contributed by atoms with E-state index >= 15 is 0 Å². The Balaban J connectivity index is 1.94.